The summed E-state index contributed by atoms with van der Waals surface area (Å²) >= 11 is 27.9. The number of thioether (sulfide) groups is 1. The lowest BCUT2D eigenvalue weighted by Gasteiger charge is -2.14. The number of ether oxygens (including phenoxy) is 2. The molecule has 0 atom stereocenters. The summed E-state index contributed by atoms with van der Waals surface area (Å²) < 4.78 is 9.63. The van der Waals surface area contributed by atoms with Crippen LogP contribution in [0.3, 0.4) is 0 Å². The number of thiocarbonyl (C=S) groups is 1. The molecule has 0 aromatic heterocycles. The van der Waals surface area contributed by atoms with Gasteiger partial charge in [-0.1, -0.05) is 163 Å². The number of carbonyl (C=O) groups excluding carboxylic acids is 4. The molecule has 0 radical (unpaired) electrons. The highest BCUT2D eigenvalue weighted by Crippen LogP contribution is 2.59. The van der Waals surface area contributed by atoms with Crippen molar-refractivity contribution < 1.29 is 38.9 Å². The Kier molecular flexibility index (Phi) is 53.5. The van der Waals surface area contributed by atoms with Crippen LogP contribution in [-0.2, 0) is 78.6 Å². The largest absolute Gasteiger partial charge is 0.461 e. The number of ketones is 3. The topological polar surface area (TPSA) is 255 Å². The van der Waals surface area contributed by atoms with Crippen molar-refractivity contribution in [3.63, 3.8) is 0 Å². The van der Waals surface area contributed by atoms with Gasteiger partial charge in [0.2, 0.25) is 0 Å². The van der Waals surface area contributed by atoms with E-state index in [1.54, 1.807) is 6.92 Å². The lowest BCUT2D eigenvalue weighted by atomic mass is 10.00. The molecule has 0 bridgehead atoms. The molecule has 23 heteroatoms. The number of Topliss-reactive ketones (excluding diaryl/α,β-unsaturated/α-hetero) is 3. The number of cyclic esters (lactones) is 1. The third-order valence-electron chi connectivity index (χ3n) is 13.5. The van der Waals surface area contributed by atoms with E-state index in [0.29, 0.717) is 68.2 Å². The van der Waals surface area contributed by atoms with Crippen molar-refractivity contribution in [3.05, 3.63) is 142 Å². The molecule has 10 rings (SSSR count). The number of alkyl halides is 3. The van der Waals surface area contributed by atoms with Gasteiger partial charge in [-0.05, 0) is 185 Å². The second-order valence-electron chi connectivity index (χ2n) is 21.0. The first-order chi connectivity index (χ1) is 41.3. The van der Waals surface area contributed by atoms with Gasteiger partial charge in [0.25, 0.3) is 0 Å². The monoisotopic (exact) mass is 1620 g/mol. The zero-order valence-electron chi connectivity index (χ0n) is 50.1. The van der Waals surface area contributed by atoms with Crippen molar-refractivity contribution in [2.75, 3.05) is 31.7 Å². The van der Waals surface area contributed by atoms with Crippen LogP contribution in [0.15, 0.2) is 97.1 Å². The van der Waals surface area contributed by atoms with Gasteiger partial charge in [-0.15, -0.1) is 40.2 Å². The number of aliphatic hydroxyl groups is 2. The van der Waals surface area contributed by atoms with Crippen LogP contribution in [0.5, 0.6) is 0 Å². The summed E-state index contributed by atoms with van der Waals surface area (Å²) in [5.41, 5.74) is 28.5. The molecular weight excluding hydrogens is 1530 g/mol. The standard InChI is InChI=1S/C15H20N2OS.C14H17BrO.C14H18O2.C9H8O2.C4H9N.C4H8O.C2H6O.CH2Cl2.CH4N2S.Br3P.BrH/c16-15(17)19-10-13-4-2-1-3-12(13)9-14(18)8-7-11-5-6-11;2*15-10-13-4-2-1-3-12(13)9-14(16)8-7-11-5-6-11;10-9-5-7-3-1-2-4-8(7)6-11-9;5-3-4-1-2-4;1-2-4-5-3-1;1-2-3;2-1-3;2-1(3)4;1-4(2)3;/h1-4,11H,5-10H2,(H3,16,17);1-4,11H,5-10H2;1-4,11,15H,5-10H2;1-4H,5-6H2;4H,1-3,5H2;1-4H2;3H,2H2,1H3;1H2;(H4,2,3,4);;1H. The molecule has 2 heterocycles. The quantitative estimate of drug-likeness (QED) is 0.0109. The number of carbonyl (C=O) groups is 4. The zero-order valence-corrected chi connectivity index (χ0v) is 62.2. The normalized spacial score (nSPS) is 14.4. The Labute approximate surface area is 582 Å². The Morgan fingerprint density at radius 1 is 0.644 bits per heavy atom. The fourth-order valence-corrected chi connectivity index (χ4v) is 9.23. The Morgan fingerprint density at radius 2 is 0.977 bits per heavy atom. The minimum atomic E-state index is -0.183. The summed E-state index contributed by atoms with van der Waals surface area (Å²) in [6.07, 6.45) is 20.6. The van der Waals surface area contributed by atoms with Gasteiger partial charge in [0.05, 0.1) is 18.4 Å². The molecule has 0 spiro atoms. The van der Waals surface area contributed by atoms with Crippen molar-refractivity contribution in [2.45, 2.75) is 160 Å². The van der Waals surface area contributed by atoms with Gasteiger partial charge in [0.1, 0.15) is 28.0 Å². The van der Waals surface area contributed by atoms with Crippen LogP contribution in [-0.4, -0.2) is 75.5 Å². The molecule has 1 saturated heterocycles. The van der Waals surface area contributed by atoms with Crippen LogP contribution in [0, 0.1) is 29.1 Å². The number of hydrogen-bond acceptors (Lipinski definition) is 12. The van der Waals surface area contributed by atoms with Gasteiger partial charge in [0, 0.05) is 69.4 Å². The molecular formula is C64H93Br5Cl2N5O8PS2. The molecule has 4 saturated carbocycles. The smallest absolute Gasteiger partial charge is 0.310 e. The first-order valence-electron chi connectivity index (χ1n) is 29.3. The number of benzene rings is 4. The molecule has 5 fully saturated rings. The van der Waals surface area contributed by atoms with E-state index in [0.717, 1.165) is 108 Å². The summed E-state index contributed by atoms with van der Waals surface area (Å²) in [6.45, 7) is 5.31. The predicted octanol–water partition coefficient (Wildman–Crippen LogP) is 16.5. The van der Waals surface area contributed by atoms with Crippen LogP contribution < -0.4 is 22.9 Å². The van der Waals surface area contributed by atoms with E-state index < -0.39 is 0 Å². The molecule has 4 aromatic carbocycles. The number of nitrogens with one attached hydrogen (secondary N) is 1. The van der Waals surface area contributed by atoms with Gasteiger partial charge < -0.3 is 42.6 Å². The molecule has 6 aliphatic rings. The van der Waals surface area contributed by atoms with Crippen molar-refractivity contribution >= 4 is 164 Å². The fraction of sp³-hybridized carbons (Fsp3) is 0.531. The molecule has 0 unspecified atom stereocenters. The second kappa shape index (κ2) is 54.7. The Balaban J connectivity index is 0.00000101. The average Bonchev–Trinajstić information content (AvgIpc) is 4.19. The summed E-state index contributed by atoms with van der Waals surface area (Å²) in [4.78, 5) is 46.3. The van der Waals surface area contributed by atoms with E-state index in [4.69, 9.17) is 59.8 Å². The van der Waals surface area contributed by atoms with Crippen LogP contribution in [0.2, 0.25) is 0 Å². The molecule has 2 aliphatic heterocycles. The number of nitrogens with two attached hydrogens (primary N) is 4. The number of halogens is 7. The highest BCUT2D eigenvalue weighted by molar-refractivity contribution is 9.93. The lowest BCUT2D eigenvalue weighted by molar-refractivity contribution is -0.145. The summed E-state index contributed by atoms with van der Waals surface area (Å²) in [6, 6.07) is 31.6. The van der Waals surface area contributed by atoms with Crippen LogP contribution >= 0.6 is 131 Å². The SMILES string of the molecule is Br.BrP(Br)Br.C1CCOC1.CCO.ClCCl.N=C(N)SCc1ccccc1CC(=O)CCC1CC1.NC(N)=S.NCC1CC1.O=C(CCC1CC1)Cc1ccccc1CBr.O=C(CCC1CC1)Cc1ccccc1CO.O=C1Cc2ccccc2CO1. The van der Waals surface area contributed by atoms with Gasteiger partial charge in [-0.25, -0.2) is 0 Å². The maximum Gasteiger partial charge on any atom is 0.310 e. The van der Waals surface area contributed by atoms with E-state index >= 15 is 0 Å². The number of esters is 1. The van der Waals surface area contributed by atoms with E-state index in [1.165, 1.54) is 87.1 Å². The summed E-state index contributed by atoms with van der Waals surface area (Å²) in [7, 11) is 0. The van der Waals surface area contributed by atoms with Crippen molar-refractivity contribution in [1.82, 2.24) is 0 Å². The molecule has 13 nitrogen and oxygen atoms in total. The summed E-state index contributed by atoms with van der Waals surface area (Å²) in [5, 5.41) is 25.1. The maximum atomic E-state index is 12.0. The highest BCUT2D eigenvalue weighted by atomic mass is 80.0. The van der Waals surface area contributed by atoms with E-state index in [9.17, 15) is 19.2 Å². The van der Waals surface area contributed by atoms with Crippen molar-refractivity contribution in [2.24, 2.45) is 46.6 Å². The van der Waals surface area contributed by atoms with E-state index in [1.807, 2.05) is 84.9 Å². The number of aliphatic hydroxyl groups excluding tert-OH is 2. The number of hydrogen-bond donors (Lipinski definition) is 7. The van der Waals surface area contributed by atoms with Crippen LogP contribution in [0.4, 0.5) is 0 Å². The van der Waals surface area contributed by atoms with Crippen LogP contribution in [0.1, 0.15) is 154 Å². The Bertz CT molecular complexity index is 2440. The van der Waals surface area contributed by atoms with E-state index in [2.05, 4.69) is 98.2 Å². The maximum absolute atomic E-state index is 12.0. The first-order valence-corrected chi connectivity index (χ1v) is 40.3. The predicted molar refractivity (Wildman–Crippen MR) is 389 cm³/mol. The van der Waals surface area contributed by atoms with Gasteiger partial charge in [-0.2, -0.15) is 0 Å². The Morgan fingerprint density at radius 3 is 1.30 bits per heavy atom. The molecule has 4 aromatic rings. The van der Waals surface area contributed by atoms with E-state index in [-0.39, 0.29) is 55.8 Å². The Hall–Kier alpha value is -1.88. The first kappa shape index (κ1) is 85.1. The molecule has 87 heavy (non-hydrogen) atoms. The number of rotatable bonds is 20. The molecule has 0 amide bonds. The summed E-state index contributed by atoms with van der Waals surface area (Å²) in [5.74, 6) is 4.96. The van der Waals surface area contributed by atoms with Crippen molar-refractivity contribution in [3.8, 4) is 0 Å². The molecule has 11 N–H and O–H groups in total. The number of fused-ring (bicyclic) bond motifs is 1. The highest BCUT2D eigenvalue weighted by Gasteiger charge is 2.24. The van der Waals surface area contributed by atoms with Gasteiger partial charge in [0.15, 0.2) is 10.3 Å². The lowest BCUT2D eigenvalue weighted by Crippen LogP contribution is -2.18. The second-order valence-corrected chi connectivity index (χ2v) is 39.1. The van der Waals surface area contributed by atoms with Crippen LogP contribution in [0.25, 0.3) is 0 Å². The number of amidine groups is 1. The molecule has 4 aliphatic carbocycles. The minimum absolute atomic E-state index is 0. The molecule has 488 valence electrons. The van der Waals surface area contributed by atoms with Gasteiger partial charge >= 0.3 is 5.97 Å². The zero-order chi connectivity index (χ0) is 63.9. The fourth-order valence-electron chi connectivity index (χ4n) is 8.09. The minimum Gasteiger partial charge on any atom is -0.461 e. The van der Waals surface area contributed by atoms with Crippen molar-refractivity contribution in [1.29, 1.82) is 5.41 Å². The van der Waals surface area contributed by atoms with Gasteiger partial charge in [-0.3, -0.25) is 24.6 Å². The third kappa shape index (κ3) is 50.4. The average molecular weight is 1630 g/mol. The third-order valence-corrected chi connectivity index (χ3v) is 14.9.